The molecule has 0 spiro atoms. The zero-order chi connectivity index (χ0) is 13.3. The zero-order valence-corrected chi connectivity index (χ0v) is 11.7. The van der Waals surface area contributed by atoms with Crippen molar-refractivity contribution in [3.8, 4) is 0 Å². The number of benzene rings is 1. The molecule has 0 aromatic heterocycles. The average Bonchev–Trinajstić information content (AvgIpc) is 2.64. The van der Waals surface area contributed by atoms with E-state index in [-0.39, 0.29) is 6.17 Å². The summed E-state index contributed by atoms with van der Waals surface area (Å²) in [5, 5.41) is 3.51. The van der Waals surface area contributed by atoms with Crippen LogP contribution in [0.5, 0.6) is 0 Å². The fourth-order valence-corrected chi connectivity index (χ4v) is 2.65. The summed E-state index contributed by atoms with van der Waals surface area (Å²) in [4.78, 5) is 0. The van der Waals surface area contributed by atoms with E-state index in [9.17, 15) is 0 Å². The Balaban J connectivity index is 1.56. The smallest absolute Gasteiger partial charge is 0.0716 e. The Morgan fingerprint density at radius 1 is 1.16 bits per heavy atom. The SMILES string of the molecule is NC1CCCCC(CCCOCc2ccccc2)N1. The summed E-state index contributed by atoms with van der Waals surface area (Å²) in [5.74, 6) is 0. The molecule has 0 amide bonds. The first-order valence-electron chi connectivity index (χ1n) is 7.48. The second kappa shape index (κ2) is 8.31. The van der Waals surface area contributed by atoms with Crippen molar-refractivity contribution in [2.45, 2.75) is 57.3 Å². The molecule has 106 valence electrons. The predicted molar refractivity (Wildman–Crippen MR) is 78.7 cm³/mol. The maximum Gasteiger partial charge on any atom is 0.0716 e. The topological polar surface area (TPSA) is 47.3 Å². The minimum Gasteiger partial charge on any atom is -0.377 e. The molecule has 1 aromatic rings. The molecule has 1 aliphatic rings. The van der Waals surface area contributed by atoms with Gasteiger partial charge in [0.1, 0.15) is 0 Å². The van der Waals surface area contributed by atoms with Crippen LogP contribution in [0.3, 0.4) is 0 Å². The molecule has 0 bridgehead atoms. The molecule has 1 aliphatic heterocycles. The van der Waals surface area contributed by atoms with Crippen molar-refractivity contribution in [1.29, 1.82) is 0 Å². The van der Waals surface area contributed by atoms with Crippen molar-refractivity contribution in [3.05, 3.63) is 35.9 Å². The quantitative estimate of drug-likeness (QED) is 0.775. The highest BCUT2D eigenvalue weighted by atomic mass is 16.5. The molecule has 2 atom stereocenters. The van der Waals surface area contributed by atoms with Crippen molar-refractivity contribution >= 4 is 0 Å². The first kappa shape index (κ1) is 14.5. The molecule has 19 heavy (non-hydrogen) atoms. The Hall–Kier alpha value is -0.900. The van der Waals surface area contributed by atoms with Gasteiger partial charge in [-0.2, -0.15) is 0 Å². The Morgan fingerprint density at radius 3 is 2.79 bits per heavy atom. The molecule has 1 heterocycles. The fraction of sp³-hybridized carbons (Fsp3) is 0.625. The second-order valence-electron chi connectivity index (χ2n) is 5.43. The summed E-state index contributed by atoms with van der Waals surface area (Å²) in [5.41, 5.74) is 7.24. The maximum atomic E-state index is 5.99. The van der Waals surface area contributed by atoms with Crippen molar-refractivity contribution < 1.29 is 4.74 Å². The first-order chi connectivity index (χ1) is 9.34. The molecule has 2 rings (SSSR count). The Kier molecular flexibility index (Phi) is 6.34. The lowest BCUT2D eigenvalue weighted by Gasteiger charge is -2.19. The van der Waals surface area contributed by atoms with Crippen LogP contribution in [0.15, 0.2) is 30.3 Å². The molecule has 0 radical (unpaired) electrons. The number of hydrogen-bond donors (Lipinski definition) is 2. The lowest BCUT2D eigenvalue weighted by atomic mass is 10.1. The molecule has 0 saturated carbocycles. The van der Waals surface area contributed by atoms with Gasteiger partial charge in [0, 0.05) is 12.6 Å². The summed E-state index contributed by atoms with van der Waals surface area (Å²) in [7, 11) is 0. The van der Waals surface area contributed by atoms with Gasteiger partial charge in [-0.3, -0.25) is 5.32 Å². The molecular weight excluding hydrogens is 236 g/mol. The van der Waals surface area contributed by atoms with Crippen LogP contribution in [0.4, 0.5) is 0 Å². The molecule has 3 heteroatoms. The van der Waals surface area contributed by atoms with Gasteiger partial charge in [-0.05, 0) is 31.2 Å². The molecule has 1 aromatic carbocycles. The standard InChI is InChI=1S/C16H26N2O/c17-16-11-5-4-9-15(18-16)10-6-12-19-13-14-7-2-1-3-8-14/h1-3,7-8,15-16,18H,4-6,9-13,17H2. The van der Waals surface area contributed by atoms with Gasteiger partial charge in [-0.25, -0.2) is 0 Å². The van der Waals surface area contributed by atoms with Crippen molar-refractivity contribution in [2.75, 3.05) is 6.61 Å². The van der Waals surface area contributed by atoms with Crippen LogP contribution in [0.2, 0.25) is 0 Å². The molecule has 3 N–H and O–H groups in total. The number of nitrogens with two attached hydrogens (primary N) is 1. The third-order valence-corrected chi connectivity index (χ3v) is 3.72. The molecule has 2 unspecified atom stereocenters. The minimum absolute atomic E-state index is 0.192. The van der Waals surface area contributed by atoms with E-state index in [1.807, 2.05) is 6.07 Å². The molecule has 3 nitrogen and oxygen atoms in total. The van der Waals surface area contributed by atoms with Crippen LogP contribution < -0.4 is 11.1 Å². The van der Waals surface area contributed by atoms with Crippen molar-refractivity contribution in [3.63, 3.8) is 0 Å². The van der Waals surface area contributed by atoms with Gasteiger partial charge < -0.3 is 10.5 Å². The summed E-state index contributed by atoms with van der Waals surface area (Å²) in [6.07, 6.45) is 7.40. The normalized spacial score (nSPS) is 24.1. The molecular formula is C16H26N2O. The molecule has 1 saturated heterocycles. The lowest BCUT2D eigenvalue weighted by molar-refractivity contribution is 0.114. The Bertz CT molecular complexity index is 342. The van der Waals surface area contributed by atoms with Gasteiger partial charge in [0.05, 0.1) is 12.8 Å². The third-order valence-electron chi connectivity index (χ3n) is 3.72. The van der Waals surface area contributed by atoms with E-state index in [0.717, 1.165) is 26.1 Å². The van der Waals surface area contributed by atoms with Gasteiger partial charge in [0.15, 0.2) is 0 Å². The number of ether oxygens (including phenoxy) is 1. The monoisotopic (exact) mass is 262 g/mol. The van der Waals surface area contributed by atoms with E-state index in [0.29, 0.717) is 6.04 Å². The summed E-state index contributed by atoms with van der Waals surface area (Å²) in [6, 6.07) is 10.9. The van der Waals surface area contributed by atoms with Crippen LogP contribution in [-0.2, 0) is 11.3 Å². The minimum atomic E-state index is 0.192. The molecule has 1 fully saturated rings. The number of nitrogens with one attached hydrogen (secondary N) is 1. The average molecular weight is 262 g/mol. The van der Waals surface area contributed by atoms with E-state index in [4.69, 9.17) is 10.5 Å². The van der Waals surface area contributed by atoms with Crippen LogP contribution >= 0.6 is 0 Å². The third kappa shape index (κ3) is 5.72. The highest BCUT2D eigenvalue weighted by Gasteiger charge is 2.15. The first-order valence-corrected chi connectivity index (χ1v) is 7.48. The lowest BCUT2D eigenvalue weighted by Crippen LogP contribution is -2.42. The van der Waals surface area contributed by atoms with Crippen molar-refractivity contribution in [2.24, 2.45) is 5.73 Å². The number of hydrogen-bond acceptors (Lipinski definition) is 3. The van der Waals surface area contributed by atoms with Crippen LogP contribution in [0.25, 0.3) is 0 Å². The highest BCUT2D eigenvalue weighted by Crippen LogP contribution is 2.14. The Morgan fingerprint density at radius 2 is 1.95 bits per heavy atom. The number of rotatable bonds is 6. The summed E-state index contributed by atoms with van der Waals surface area (Å²) in [6.45, 7) is 1.56. The van der Waals surface area contributed by atoms with E-state index >= 15 is 0 Å². The Labute approximate surface area is 116 Å². The molecule has 0 aliphatic carbocycles. The van der Waals surface area contributed by atoms with E-state index in [1.165, 1.54) is 31.2 Å². The summed E-state index contributed by atoms with van der Waals surface area (Å²) < 4.78 is 5.71. The van der Waals surface area contributed by atoms with Gasteiger partial charge in [0.25, 0.3) is 0 Å². The van der Waals surface area contributed by atoms with Gasteiger partial charge in [-0.1, -0.05) is 43.2 Å². The van der Waals surface area contributed by atoms with Gasteiger partial charge >= 0.3 is 0 Å². The summed E-state index contributed by atoms with van der Waals surface area (Å²) >= 11 is 0. The second-order valence-corrected chi connectivity index (χ2v) is 5.43. The fourth-order valence-electron chi connectivity index (χ4n) is 2.65. The van der Waals surface area contributed by atoms with E-state index in [2.05, 4.69) is 29.6 Å². The van der Waals surface area contributed by atoms with Crippen LogP contribution in [0.1, 0.15) is 44.1 Å². The van der Waals surface area contributed by atoms with Crippen LogP contribution in [0, 0.1) is 0 Å². The highest BCUT2D eigenvalue weighted by molar-refractivity contribution is 5.13. The van der Waals surface area contributed by atoms with E-state index in [1.54, 1.807) is 0 Å². The van der Waals surface area contributed by atoms with Crippen LogP contribution in [-0.4, -0.2) is 18.8 Å². The van der Waals surface area contributed by atoms with Crippen molar-refractivity contribution in [1.82, 2.24) is 5.32 Å². The van der Waals surface area contributed by atoms with E-state index < -0.39 is 0 Å². The maximum absolute atomic E-state index is 5.99. The zero-order valence-electron chi connectivity index (χ0n) is 11.7. The predicted octanol–water partition coefficient (Wildman–Crippen LogP) is 2.80. The largest absolute Gasteiger partial charge is 0.377 e. The van der Waals surface area contributed by atoms with Gasteiger partial charge in [-0.15, -0.1) is 0 Å². The van der Waals surface area contributed by atoms with Gasteiger partial charge in [0.2, 0.25) is 0 Å².